The van der Waals surface area contributed by atoms with Crippen LogP contribution in [0.5, 0.6) is 5.75 Å². The first-order valence-electron chi connectivity index (χ1n) is 8.57. The Kier molecular flexibility index (Phi) is 3.45. The summed E-state index contributed by atoms with van der Waals surface area (Å²) < 4.78 is 19.5. The molecule has 128 valence electrons. The second-order valence-corrected chi connectivity index (χ2v) is 6.44. The normalized spacial score (nSPS) is 20.8. The van der Waals surface area contributed by atoms with Crippen LogP contribution in [0.15, 0.2) is 78.2 Å². The molecule has 0 amide bonds. The average Bonchev–Trinajstić information content (AvgIpc) is 3.14. The summed E-state index contributed by atoms with van der Waals surface area (Å²) in [5, 5.41) is 6.86. The summed E-state index contributed by atoms with van der Waals surface area (Å²) in [5.41, 5.74) is 4.00. The molecule has 0 saturated carbocycles. The van der Waals surface area contributed by atoms with Crippen molar-refractivity contribution in [1.82, 2.24) is 9.99 Å². The predicted molar refractivity (Wildman–Crippen MR) is 96.2 cm³/mol. The summed E-state index contributed by atoms with van der Waals surface area (Å²) in [7, 11) is 0. The smallest absolute Gasteiger partial charge is 0.213 e. The second kappa shape index (κ2) is 5.95. The zero-order valence-corrected chi connectivity index (χ0v) is 13.9. The van der Waals surface area contributed by atoms with Gasteiger partial charge < -0.3 is 4.74 Å². The highest BCUT2D eigenvalue weighted by Gasteiger charge is 2.40. The number of fused-ring (bicyclic) bond motifs is 3. The maximum Gasteiger partial charge on any atom is 0.213 e. The second-order valence-electron chi connectivity index (χ2n) is 6.44. The van der Waals surface area contributed by atoms with Crippen LogP contribution in [-0.2, 0) is 0 Å². The molecule has 0 N–H and O–H groups in total. The molecule has 2 atom stereocenters. The van der Waals surface area contributed by atoms with E-state index in [-0.39, 0.29) is 18.1 Å². The van der Waals surface area contributed by atoms with E-state index in [0.717, 1.165) is 34.6 Å². The molecule has 1 aromatic heterocycles. The monoisotopic (exact) mass is 345 g/mol. The van der Waals surface area contributed by atoms with Crippen molar-refractivity contribution in [3.8, 4) is 5.75 Å². The van der Waals surface area contributed by atoms with Crippen LogP contribution in [0.1, 0.15) is 35.4 Å². The highest BCUT2D eigenvalue weighted by atomic mass is 19.1. The van der Waals surface area contributed by atoms with Gasteiger partial charge in [-0.2, -0.15) is 5.10 Å². The van der Waals surface area contributed by atoms with Gasteiger partial charge in [-0.05, 0) is 35.9 Å². The van der Waals surface area contributed by atoms with Gasteiger partial charge in [0.15, 0.2) is 0 Å². The van der Waals surface area contributed by atoms with Crippen molar-refractivity contribution in [2.24, 2.45) is 5.10 Å². The molecule has 5 rings (SSSR count). The first-order chi connectivity index (χ1) is 12.8. The molecule has 3 heterocycles. The topological polar surface area (TPSA) is 37.7 Å². The van der Waals surface area contributed by atoms with Crippen LogP contribution >= 0.6 is 0 Å². The molecule has 0 spiro atoms. The molecular formula is C21H16FN3O. The van der Waals surface area contributed by atoms with Crippen molar-refractivity contribution < 1.29 is 9.13 Å². The molecule has 0 bridgehead atoms. The van der Waals surface area contributed by atoms with Crippen molar-refractivity contribution in [2.75, 3.05) is 0 Å². The molecular weight excluding hydrogens is 329 g/mol. The van der Waals surface area contributed by atoms with Gasteiger partial charge in [-0.3, -0.25) is 4.98 Å². The molecule has 5 heteroatoms. The summed E-state index contributed by atoms with van der Waals surface area (Å²) in [6.07, 6.45) is 3.97. The van der Waals surface area contributed by atoms with Gasteiger partial charge in [0.05, 0.1) is 11.8 Å². The Bertz CT molecular complexity index is 972. The molecule has 3 aromatic rings. The lowest BCUT2D eigenvalue weighted by atomic mass is 9.96. The van der Waals surface area contributed by atoms with E-state index in [4.69, 9.17) is 9.84 Å². The van der Waals surface area contributed by atoms with E-state index in [0.29, 0.717) is 0 Å². The van der Waals surface area contributed by atoms with Gasteiger partial charge in [0.1, 0.15) is 11.6 Å². The Morgan fingerprint density at radius 1 is 0.962 bits per heavy atom. The highest BCUT2D eigenvalue weighted by molar-refractivity contribution is 6.01. The minimum atomic E-state index is -0.309. The minimum absolute atomic E-state index is 0.0955. The maximum absolute atomic E-state index is 13.3. The third-order valence-electron chi connectivity index (χ3n) is 4.87. The molecule has 0 radical (unpaired) electrons. The third kappa shape index (κ3) is 2.44. The van der Waals surface area contributed by atoms with E-state index in [9.17, 15) is 4.39 Å². The first kappa shape index (κ1) is 15.1. The number of nitrogens with zero attached hydrogens (tertiary/aromatic N) is 3. The van der Waals surface area contributed by atoms with E-state index in [1.165, 1.54) is 12.1 Å². The number of benzene rings is 2. The molecule has 2 aliphatic heterocycles. The summed E-state index contributed by atoms with van der Waals surface area (Å²) in [6.45, 7) is 0. The zero-order valence-electron chi connectivity index (χ0n) is 13.9. The fourth-order valence-corrected chi connectivity index (χ4v) is 3.60. The van der Waals surface area contributed by atoms with Crippen LogP contribution in [-0.4, -0.2) is 15.7 Å². The largest absolute Gasteiger partial charge is 0.464 e. The van der Waals surface area contributed by atoms with Gasteiger partial charge in [-0.25, -0.2) is 9.40 Å². The summed E-state index contributed by atoms with van der Waals surface area (Å²) >= 11 is 0. The van der Waals surface area contributed by atoms with Gasteiger partial charge in [0.25, 0.3) is 0 Å². The lowest BCUT2D eigenvalue weighted by molar-refractivity contribution is -0.0190. The molecule has 2 aromatic carbocycles. The molecule has 0 aliphatic carbocycles. The molecule has 0 unspecified atom stereocenters. The van der Waals surface area contributed by atoms with Crippen LogP contribution in [0.3, 0.4) is 0 Å². The van der Waals surface area contributed by atoms with Crippen LogP contribution in [0.2, 0.25) is 0 Å². The SMILES string of the molecule is Fc1ccc(C2=NN3[C@@H](c4ccncc4)Oc4ccccc4[C@@H]3C2)cc1. The molecule has 2 aliphatic rings. The fourth-order valence-electron chi connectivity index (χ4n) is 3.60. The van der Waals surface area contributed by atoms with Crippen LogP contribution < -0.4 is 4.74 Å². The lowest BCUT2D eigenvalue weighted by Crippen LogP contribution is -2.33. The van der Waals surface area contributed by atoms with E-state index in [1.54, 1.807) is 24.5 Å². The van der Waals surface area contributed by atoms with E-state index >= 15 is 0 Å². The molecule has 4 nitrogen and oxygen atoms in total. The van der Waals surface area contributed by atoms with Crippen molar-refractivity contribution in [2.45, 2.75) is 18.7 Å². The van der Waals surface area contributed by atoms with Gasteiger partial charge >= 0.3 is 0 Å². The zero-order chi connectivity index (χ0) is 17.5. The fraction of sp³-hybridized carbons (Fsp3) is 0.143. The predicted octanol–water partition coefficient (Wildman–Crippen LogP) is 4.46. The number of ether oxygens (including phenoxy) is 1. The number of rotatable bonds is 2. The Balaban J connectivity index is 1.59. The number of hydrogen-bond acceptors (Lipinski definition) is 4. The number of halogens is 1. The lowest BCUT2D eigenvalue weighted by Gasteiger charge is -2.38. The van der Waals surface area contributed by atoms with Gasteiger partial charge in [-0.1, -0.05) is 30.3 Å². The minimum Gasteiger partial charge on any atom is -0.464 e. The summed E-state index contributed by atoms with van der Waals surface area (Å²) in [6, 6.07) is 18.6. The van der Waals surface area contributed by atoms with Crippen molar-refractivity contribution in [3.05, 3.63) is 95.6 Å². The quantitative estimate of drug-likeness (QED) is 0.688. The molecule has 26 heavy (non-hydrogen) atoms. The van der Waals surface area contributed by atoms with E-state index in [2.05, 4.69) is 11.1 Å². The number of hydrazone groups is 1. The van der Waals surface area contributed by atoms with E-state index < -0.39 is 0 Å². The Morgan fingerprint density at radius 2 is 1.73 bits per heavy atom. The first-order valence-corrected chi connectivity index (χ1v) is 8.57. The Labute approximate surface area is 150 Å². The van der Waals surface area contributed by atoms with Gasteiger partial charge in [-0.15, -0.1) is 0 Å². The Morgan fingerprint density at radius 3 is 2.54 bits per heavy atom. The van der Waals surface area contributed by atoms with E-state index in [1.807, 2.05) is 35.3 Å². The molecule has 0 saturated heterocycles. The number of aromatic nitrogens is 1. The van der Waals surface area contributed by atoms with Crippen molar-refractivity contribution >= 4 is 5.71 Å². The number of pyridine rings is 1. The van der Waals surface area contributed by atoms with Crippen LogP contribution in [0.4, 0.5) is 4.39 Å². The summed E-state index contributed by atoms with van der Waals surface area (Å²) in [4.78, 5) is 4.10. The standard InChI is InChI=1S/C21H16FN3O/c22-16-7-5-14(6-8-16)18-13-19-17-3-1-2-4-20(17)26-21(25(19)24-18)15-9-11-23-12-10-15/h1-12,19,21H,13H2/t19-,21+/m0/s1. The van der Waals surface area contributed by atoms with Gasteiger partial charge in [0, 0.05) is 29.9 Å². The third-order valence-corrected chi connectivity index (χ3v) is 4.87. The number of hydrogen-bond donors (Lipinski definition) is 0. The van der Waals surface area contributed by atoms with Crippen molar-refractivity contribution in [1.29, 1.82) is 0 Å². The van der Waals surface area contributed by atoms with Crippen molar-refractivity contribution in [3.63, 3.8) is 0 Å². The Hall–Kier alpha value is -3.21. The van der Waals surface area contributed by atoms with Gasteiger partial charge in [0.2, 0.25) is 6.23 Å². The summed E-state index contributed by atoms with van der Waals surface area (Å²) in [5.74, 6) is 0.638. The molecule has 0 fully saturated rings. The van der Waals surface area contributed by atoms with Crippen LogP contribution in [0.25, 0.3) is 0 Å². The average molecular weight is 345 g/mol. The van der Waals surface area contributed by atoms with Crippen LogP contribution in [0, 0.1) is 5.82 Å². The highest BCUT2D eigenvalue weighted by Crippen LogP contribution is 2.47. The number of para-hydroxylation sites is 1. The maximum atomic E-state index is 13.3.